The summed E-state index contributed by atoms with van der Waals surface area (Å²) in [7, 11) is 1.19. The Balaban J connectivity index is 2.57. The summed E-state index contributed by atoms with van der Waals surface area (Å²) in [6.45, 7) is 0.251. The second-order valence-corrected chi connectivity index (χ2v) is 8.64. The SMILES string of the molecule is CN(CCCS(=O)(=O)N(C)C)CC(=O)Nc1ccc(Cl)c(C(F)(F)F)c1. The van der Waals surface area contributed by atoms with Crippen molar-refractivity contribution in [3.63, 3.8) is 0 Å². The second kappa shape index (κ2) is 9.03. The molecule has 0 heterocycles. The predicted molar refractivity (Wildman–Crippen MR) is 94.7 cm³/mol. The number of carbonyl (C=O) groups excluding carboxylic acids is 1. The number of rotatable bonds is 8. The van der Waals surface area contributed by atoms with E-state index in [0.29, 0.717) is 13.0 Å². The molecule has 0 aliphatic rings. The van der Waals surface area contributed by atoms with Gasteiger partial charge in [0.15, 0.2) is 0 Å². The van der Waals surface area contributed by atoms with Crippen LogP contribution in [-0.2, 0) is 21.0 Å². The number of nitrogens with one attached hydrogen (secondary N) is 1. The molecule has 6 nitrogen and oxygen atoms in total. The number of amides is 1. The normalized spacial score (nSPS) is 12.7. The van der Waals surface area contributed by atoms with Gasteiger partial charge in [0.2, 0.25) is 15.9 Å². The van der Waals surface area contributed by atoms with Crippen LogP contribution in [0.25, 0.3) is 0 Å². The summed E-state index contributed by atoms with van der Waals surface area (Å²) in [4.78, 5) is 13.5. The van der Waals surface area contributed by atoms with Gasteiger partial charge in [0, 0.05) is 19.8 Å². The van der Waals surface area contributed by atoms with Crippen LogP contribution in [0.15, 0.2) is 18.2 Å². The number of hydrogen-bond donors (Lipinski definition) is 1. The molecule has 1 N–H and O–H groups in total. The summed E-state index contributed by atoms with van der Waals surface area (Å²) in [5.41, 5.74) is -1.05. The highest BCUT2D eigenvalue weighted by molar-refractivity contribution is 7.89. The van der Waals surface area contributed by atoms with Crippen LogP contribution < -0.4 is 5.32 Å². The molecule has 0 saturated heterocycles. The van der Waals surface area contributed by atoms with Crippen molar-refractivity contribution < 1.29 is 26.4 Å². The van der Waals surface area contributed by atoms with E-state index >= 15 is 0 Å². The fourth-order valence-corrected chi connectivity index (χ4v) is 3.13. The molecule has 0 radical (unpaired) electrons. The lowest BCUT2D eigenvalue weighted by Crippen LogP contribution is -2.33. The standard InChI is InChI=1S/C15H21ClF3N3O3S/c1-21(2)26(24,25)8-4-7-22(3)10-14(23)20-11-5-6-13(16)12(9-11)15(17,18)19/h5-6,9H,4,7-8,10H2,1-3H3,(H,20,23). The molecule has 0 aromatic heterocycles. The number of sulfonamides is 1. The van der Waals surface area contributed by atoms with E-state index in [2.05, 4.69) is 5.32 Å². The lowest BCUT2D eigenvalue weighted by Gasteiger charge is -2.18. The molecule has 0 saturated carbocycles. The first-order valence-electron chi connectivity index (χ1n) is 7.58. The summed E-state index contributed by atoms with van der Waals surface area (Å²) < 4.78 is 62.8. The van der Waals surface area contributed by atoms with Gasteiger partial charge < -0.3 is 5.32 Å². The Morgan fingerprint density at radius 1 is 1.23 bits per heavy atom. The van der Waals surface area contributed by atoms with Crippen LogP contribution in [0.5, 0.6) is 0 Å². The quantitative estimate of drug-likeness (QED) is 0.708. The van der Waals surface area contributed by atoms with E-state index in [1.54, 1.807) is 11.9 Å². The summed E-state index contributed by atoms with van der Waals surface area (Å²) >= 11 is 5.52. The third-order valence-electron chi connectivity index (χ3n) is 3.47. The number of carbonyl (C=O) groups is 1. The molecule has 0 fully saturated rings. The van der Waals surface area contributed by atoms with E-state index in [9.17, 15) is 26.4 Å². The monoisotopic (exact) mass is 415 g/mol. The first kappa shape index (κ1) is 22.7. The van der Waals surface area contributed by atoms with Gasteiger partial charge in [-0.2, -0.15) is 13.2 Å². The highest BCUT2D eigenvalue weighted by Gasteiger charge is 2.33. The van der Waals surface area contributed by atoms with Gasteiger partial charge in [-0.15, -0.1) is 0 Å². The van der Waals surface area contributed by atoms with Gasteiger partial charge in [0.05, 0.1) is 22.9 Å². The van der Waals surface area contributed by atoms with Crippen LogP contribution in [-0.4, -0.2) is 63.5 Å². The van der Waals surface area contributed by atoms with Crippen molar-refractivity contribution in [3.8, 4) is 0 Å². The Bertz CT molecular complexity index is 739. The van der Waals surface area contributed by atoms with Crippen molar-refractivity contribution >= 4 is 33.2 Å². The van der Waals surface area contributed by atoms with Gasteiger partial charge in [0.25, 0.3) is 0 Å². The van der Waals surface area contributed by atoms with Gasteiger partial charge in [-0.3, -0.25) is 9.69 Å². The third kappa shape index (κ3) is 7.10. The molecule has 0 unspecified atom stereocenters. The first-order valence-corrected chi connectivity index (χ1v) is 9.57. The van der Waals surface area contributed by atoms with Gasteiger partial charge in [0.1, 0.15) is 0 Å². The Hall–Kier alpha value is -1.36. The van der Waals surface area contributed by atoms with Crippen LogP contribution in [0, 0.1) is 0 Å². The molecule has 1 rings (SSSR count). The maximum Gasteiger partial charge on any atom is 0.417 e. The maximum atomic E-state index is 12.8. The molecule has 148 valence electrons. The van der Waals surface area contributed by atoms with Crippen molar-refractivity contribution in [1.82, 2.24) is 9.21 Å². The van der Waals surface area contributed by atoms with Crippen LogP contribution in [0.4, 0.5) is 18.9 Å². The van der Waals surface area contributed by atoms with Crippen molar-refractivity contribution in [2.45, 2.75) is 12.6 Å². The summed E-state index contributed by atoms with van der Waals surface area (Å²) in [5, 5.41) is 1.92. The smallest absolute Gasteiger partial charge is 0.325 e. The van der Waals surface area contributed by atoms with E-state index in [1.807, 2.05) is 0 Å². The fourth-order valence-electron chi connectivity index (χ4n) is 2.04. The van der Waals surface area contributed by atoms with E-state index in [4.69, 9.17) is 11.6 Å². The van der Waals surface area contributed by atoms with E-state index < -0.39 is 32.7 Å². The average molecular weight is 416 g/mol. The molecule has 1 aromatic rings. The van der Waals surface area contributed by atoms with Crippen molar-refractivity contribution in [2.24, 2.45) is 0 Å². The number of benzene rings is 1. The van der Waals surface area contributed by atoms with Crippen molar-refractivity contribution in [3.05, 3.63) is 28.8 Å². The number of alkyl halides is 3. The molecule has 1 amide bonds. The lowest BCUT2D eigenvalue weighted by molar-refractivity contribution is -0.137. The zero-order chi connectivity index (χ0) is 20.1. The number of hydrogen-bond acceptors (Lipinski definition) is 4. The second-order valence-electron chi connectivity index (χ2n) is 5.93. The minimum Gasteiger partial charge on any atom is -0.325 e. The third-order valence-corrected chi connectivity index (χ3v) is 5.71. The Kier molecular flexibility index (Phi) is 7.87. The number of anilines is 1. The van der Waals surface area contributed by atoms with E-state index in [0.717, 1.165) is 16.4 Å². The molecule has 0 spiro atoms. The lowest BCUT2D eigenvalue weighted by atomic mass is 10.2. The molecule has 11 heteroatoms. The van der Waals surface area contributed by atoms with Crippen molar-refractivity contribution in [2.75, 3.05) is 45.3 Å². The minimum atomic E-state index is -4.62. The summed E-state index contributed by atoms with van der Waals surface area (Å²) in [5.74, 6) is -0.573. The van der Waals surface area contributed by atoms with Crippen molar-refractivity contribution in [1.29, 1.82) is 0 Å². The summed E-state index contributed by atoms with van der Waals surface area (Å²) in [6.07, 6.45) is -4.30. The fraction of sp³-hybridized carbons (Fsp3) is 0.533. The van der Waals surface area contributed by atoms with Gasteiger partial charge in [-0.25, -0.2) is 12.7 Å². The zero-order valence-corrected chi connectivity index (χ0v) is 16.2. The van der Waals surface area contributed by atoms with E-state index in [1.165, 1.54) is 20.2 Å². The number of halogens is 4. The van der Waals surface area contributed by atoms with E-state index in [-0.39, 0.29) is 18.0 Å². The van der Waals surface area contributed by atoms with Crippen LogP contribution in [0.1, 0.15) is 12.0 Å². The molecular formula is C15H21ClF3N3O3S. The summed E-state index contributed by atoms with van der Waals surface area (Å²) in [6, 6.07) is 3.11. The highest BCUT2D eigenvalue weighted by Crippen LogP contribution is 2.36. The first-order chi connectivity index (χ1) is 11.8. The van der Waals surface area contributed by atoms with Crippen LogP contribution in [0.3, 0.4) is 0 Å². The average Bonchev–Trinajstić information content (AvgIpc) is 2.47. The van der Waals surface area contributed by atoms with Crippen LogP contribution >= 0.6 is 11.6 Å². The molecule has 0 aliphatic carbocycles. The Labute approximate surface area is 156 Å². The molecule has 0 bridgehead atoms. The largest absolute Gasteiger partial charge is 0.417 e. The van der Waals surface area contributed by atoms with Gasteiger partial charge in [-0.1, -0.05) is 11.6 Å². The molecule has 1 aromatic carbocycles. The van der Waals surface area contributed by atoms with Crippen LogP contribution in [0.2, 0.25) is 5.02 Å². The topological polar surface area (TPSA) is 69.7 Å². The van der Waals surface area contributed by atoms with Gasteiger partial charge >= 0.3 is 6.18 Å². The molecule has 0 atom stereocenters. The zero-order valence-electron chi connectivity index (χ0n) is 14.6. The minimum absolute atomic E-state index is 0.0182. The maximum absolute atomic E-state index is 12.8. The number of nitrogens with zero attached hydrogens (tertiary/aromatic N) is 2. The van der Waals surface area contributed by atoms with Gasteiger partial charge in [-0.05, 0) is 38.2 Å². The highest BCUT2D eigenvalue weighted by atomic mass is 35.5. The molecule has 0 aliphatic heterocycles. The predicted octanol–water partition coefficient (Wildman–Crippen LogP) is 2.51. The molecular weight excluding hydrogens is 395 g/mol. The number of likely N-dealkylation sites (N-methyl/N-ethyl adjacent to an activating group) is 1. The molecule has 26 heavy (non-hydrogen) atoms. The Morgan fingerprint density at radius 2 is 1.85 bits per heavy atom. The Morgan fingerprint density at radius 3 is 2.38 bits per heavy atom.